The van der Waals surface area contributed by atoms with E-state index >= 15 is 0 Å². The van der Waals surface area contributed by atoms with Crippen LogP contribution in [0.1, 0.15) is 12.8 Å². The van der Waals surface area contributed by atoms with Crippen LogP contribution in [0.5, 0.6) is 0 Å². The smallest absolute Gasteiger partial charge is 0.475 e. The second-order valence-electron chi connectivity index (χ2n) is 6.07. The summed E-state index contributed by atoms with van der Waals surface area (Å²) in [5, 5.41) is 7.21. The SMILES string of the molecule is CO[C@H]1CN(S(=O)(=O)c2cn(C)cn2)[C@@H]2CCCO[C@H]12.O=C(O)C(F)(F)F. The van der Waals surface area contributed by atoms with Crippen LogP contribution < -0.4 is 0 Å². The summed E-state index contributed by atoms with van der Waals surface area (Å²) in [6.07, 6.45) is -0.784. The predicted octanol–water partition coefficient (Wildman–Crippen LogP) is 0.620. The molecule has 2 aliphatic heterocycles. The highest BCUT2D eigenvalue weighted by Gasteiger charge is 2.49. The molecule has 0 aliphatic carbocycles. The fourth-order valence-corrected chi connectivity index (χ4v) is 4.64. The molecule has 13 heteroatoms. The molecule has 0 unspecified atom stereocenters. The third-order valence-electron chi connectivity index (χ3n) is 4.23. The maximum atomic E-state index is 12.7. The number of imidazole rings is 1. The summed E-state index contributed by atoms with van der Waals surface area (Å²) in [7, 11) is -0.246. The molecule has 27 heavy (non-hydrogen) atoms. The highest BCUT2D eigenvalue weighted by molar-refractivity contribution is 7.89. The van der Waals surface area contributed by atoms with Crippen molar-refractivity contribution in [1.29, 1.82) is 0 Å². The van der Waals surface area contributed by atoms with Gasteiger partial charge in [-0.05, 0) is 12.8 Å². The van der Waals surface area contributed by atoms with Crippen LogP contribution in [0.3, 0.4) is 0 Å². The minimum absolute atomic E-state index is 0.0843. The van der Waals surface area contributed by atoms with Crippen LogP contribution in [0.4, 0.5) is 13.2 Å². The van der Waals surface area contributed by atoms with Crippen molar-refractivity contribution in [2.45, 2.75) is 42.3 Å². The number of aliphatic carboxylic acids is 1. The lowest BCUT2D eigenvalue weighted by molar-refractivity contribution is -0.192. The molecule has 3 heterocycles. The number of hydrogen-bond acceptors (Lipinski definition) is 6. The highest BCUT2D eigenvalue weighted by atomic mass is 32.2. The topological polar surface area (TPSA) is 111 Å². The molecule has 0 aromatic carbocycles. The summed E-state index contributed by atoms with van der Waals surface area (Å²) < 4.78 is 71.4. The zero-order valence-electron chi connectivity index (χ0n) is 14.6. The molecule has 0 amide bonds. The standard InChI is InChI=1S/C12H19N3O4S.C2HF3O2/c1-14-7-11(13-8-14)20(16,17)15-6-10(18-2)12-9(15)4-3-5-19-12;3-2(4,5)1(6)7/h7-10,12H,3-6H2,1-2H3;(H,6,7)/t9-,10+,12+;/m1./s1. The number of fused-ring (bicyclic) bond motifs is 1. The number of halogens is 3. The van der Waals surface area contributed by atoms with Gasteiger partial charge in [-0.2, -0.15) is 17.5 Å². The van der Waals surface area contributed by atoms with E-state index in [2.05, 4.69) is 4.98 Å². The predicted molar refractivity (Wildman–Crippen MR) is 84.3 cm³/mol. The average molecular weight is 415 g/mol. The number of carboxylic acids is 1. The molecule has 1 aromatic rings. The van der Waals surface area contributed by atoms with Gasteiger partial charge in [0.25, 0.3) is 10.0 Å². The first-order chi connectivity index (χ1) is 12.5. The monoisotopic (exact) mass is 415 g/mol. The number of alkyl halides is 3. The minimum atomic E-state index is -5.08. The Morgan fingerprint density at radius 3 is 2.56 bits per heavy atom. The van der Waals surface area contributed by atoms with Gasteiger partial charge in [0, 0.05) is 33.5 Å². The highest BCUT2D eigenvalue weighted by Crippen LogP contribution is 2.34. The van der Waals surface area contributed by atoms with E-state index in [1.54, 1.807) is 18.7 Å². The molecule has 9 nitrogen and oxygen atoms in total. The Balaban J connectivity index is 0.000000321. The molecule has 3 atom stereocenters. The van der Waals surface area contributed by atoms with E-state index in [-0.39, 0.29) is 23.3 Å². The molecule has 0 saturated carbocycles. The number of ether oxygens (including phenoxy) is 2. The maximum Gasteiger partial charge on any atom is 0.490 e. The molecule has 0 radical (unpaired) electrons. The number of hydrogen-bond donors (Lipinski definition) is 1. The van der Waals surface area contributed by atoms with Crippen LogP contribution in [0.15, 0.2) is 17.6 Å². The van der Waals surface area contributed by atoms with Gasteiger partial charge in [-0.15, -0.1) is 0 Å². The van der Waals surface area contributed by atoms with E-state index in [0.29, 0.717) is 13.2 Å². The van der Waals surface area contributed by atoms with Crippen LogP contribution in [0, 0.1) is 0 Å². The first-order valence-corrected chi connectivity index (χ1v) is 9.36. The molecule has 1 N–H and O–H groups in total. The fourth-order valence-electron chi connectivity index (χ4n) is 2.99. The lowest BCUT2D eigenvalue weighted by atomic mass is 10.0. The van der Waals surface area contributed by atoms with Gasteiger partial charge >= 0.3 is 12.1 Å². The van der Waals surface area contributed by atoms with Crippen LogP contribution in [0.2, 0.25) is 0 Å². The number of aryl methyl sites for hydroxylation is 1. The largest absolute Gasteiger partial charge is 0.490 e. The van der Waals surface area contributed by atoms with Gasteiger partial charge in [-0.3, -0.25) is 0 Å². The van der Waals surface area contributed by atoms with Crippen LogP contribution in [0.25, 0.3) is 0 Å². The van der Waals surface area contributed by atoms with E-state index in [4.69, 9.17) is 19.4 Å². The van der Waals surface area contributed by atoms with Crippen molar-refractivity contribution in [2.75, 3.05) is 20.3 Å². The Morgan fingerprint density at radius 2 is 2.07 bits per heavy atom. The number of sulfonamides is 1. The summed E-state index contributed by atoms with van der Waals surface area (Å²) in [5.74, 6) is -2.76. The summed E-state index contributed by atoms with van der Waals surface area (Å²) in [4.78, 5) is 12.9. The summed E-state index contributed by atoms with van der Waals surface area (Å²) >= 11 is 0. The van der Waals surface area contributed by atoms with Crippen molar-refractivity contribution in [2.24, 2.45) is 7.05 Å². The van der Waals surface area contributed by atoms with Crippen LogP contribution in [-0.4, -0.2) is 78.0 Å². The number of nitrogens with zero attached hydrogens (tertiary/aromatic N) is 3. The first kappa shape index (κ1) is 21.6. The summed E-state index contributed by atoms with van der Waals surface area (Å²) in [6, 6.07) is -0.152. The normalized spacial score (nSPS) is 26.2. The average Bonchev–Trinajstić information content (AvgIpc) is 3.19. The van der Waals surface area contributed by atoms with Gasteiger partial charge in [0.1, 0.15) is 6.10 Å². The van der Waals surface area contributed by atoms with Crippen molar-refractivity contribution in [3.8, 4) is 0 Å². The molecule has 154 valence electrons. The van der Waals surface area contributed by atoms with Gasteiger partial charge in [-0.25, -0.2) is 18.2 Å². The van der Waals surface area contributed by atoms with Crippen molar-refractivity contribution >= 4 is 16.0 Å². The zero-order chi connectivity index (χ0) is 20.4. The van der Waals surface area contributed by atoms with Crippen LogP contribution in [-0.2, 0) is 31.3 Å². The van der Waals surface area contributed by atoms with Crippen molar-refractivity contribution in [3.63, 3.8) is 0 Å². The zero-order valence-corrected chi connectivity index (χ0v) is 15.4. The first-order valence-electron chi connectivity index (χ1n) is 7.92. The molecule has 3 rings (SSSR count). The Labute approximate surface area is 153 Å². The molecule has 2 aliphatic rings. The summed E-state index contributed by atoms with van der Waals surface area (Å²) in [5.41, 5.74) is 0. The minimum Gasteiger partial charge on any atom is -0.475 e. The van der Waals surface area contributed by atoms with E-state index in [9.17, 15) is 21.6 Å². The van der Waals surface area contributed by atoms with Gasteiger partial charge < -0.3 is 19.1 Å². The van der Waals surface area contributed by atoms with Crippen LogP contribution >= 0.6 is 0 Å². The summed E-state index contributed by atoms with van der Waals surface area (Å²) in [6.45, 7) is 0.989. The van der Waals surface area contributed by atoms with E-state index < -0.39 is 22.2 Å². The van der Waals surface area contributed by atoms with Gasteiger partial charge in [-0.1, -0.05) is 0 Å². The molecule has 0 bridgehead atoms. The number of carbonyl (C=O) groups is 1. The molecule has 0 spiro atoms. The number of aromatic nitrogens is 2. The fraction of sp³-hybridized carbons (Fsp3) is 0.714. The lowest BCUT2D eigenvalue weighted by Gasteiger charge is -2.31. The molecular formula is C14H20F3N3O6S. The molecule has 2 saturated heterocycles. The van der Waals surface area contributed by atoms with E-state index in [1.807, 2.05) is 0 Å². The Bertz CT molecular complexity index is 766. The molecule has 1 aromatic heterocycles. The maximum absolute atomic E-state index is 12.7. The Hall–Kier alpha value is -1.70. The second-order valence-corrected chi connectivity index (χ2v) is 7.91. The number of methoxy groups -OCH3 is 1. The third-order valence-corrected chi connectivity index (χ3v) is 6.01. The van der Waals surface area contributed by atoms with Crippen molar-refractivity contribution < 1.29 is 41.0 Å². The van der Waals surface area contributed by atoms with E-state index in [1.165, 1.54) is 16.8 Å². The van der Waals surface area contributed by atoms with Gasteiger partial charge in [0.2, 0.25) is 0 Å². The quantitative estimate of drug-likeness (QED) is 0.770. The van der Waals surface area contributed by atoms with Gasteiger partial charge in [0.05, 0.1) is 18.5 Å². The Morgan fingerprint density at radius 1 is 1.44 bits per heavy atom. The molecule has 2 fully saturated rings. The van der Waals surface area contributed by atoms with Gasteiger partial charge in [0.15, 0.2) is 5.03 Å². The van der Waals surface area contributed by atoms with Crippen molar-refractivity contribution in [1.82, 2.24) is 13.9 Å². The van der Waals surface area contributed by atoms with E-state index in [0.717, 1.165) is 12.8 Å². The number of carboxylic acid groups (broad SMARTS) is 1. The second kappa shape index (κ2) is 8.12. The Kier molecular flexibility index (Phi) is 6.50. The third kappa shape index (κ3) is 4.78. The van der Waals surface area contributed by atoms with Crippen molar-refractivity contribution in [3.05, 3.63) is 12.5 Å². The lowest BCUT2D eigenvalue weighted by Crippen LogP contribution is -2.43. The molecular weight excluding hydrogens is 395 g/mol. The number of rotatable bonds is 3.